The van der Waals surface area contributed by atoms with Crippen LogP contribution in [0.2, 0.25) is 5.02 Å². The molecule has 0 radical (unpaired) electrons. The maximum absolute atomic E-state index is 6.16. The van der Waals surface area contributed by atoms with Crippen molar-refractivity contribution < 1.29 is 0 Å². The Kier molecular flexibility index (Phi) is 3.16. The zero-order valence-electron chi connectivity index (χ0n) is 9.28. The van der Waals surface area contributed by atoms with Crippen molar-refractivity contribution in [2.75, 3.05) is 0 Å². The monoisotopic (exact) mass is 231 g/mol. The van der Waals surface area contributed by atoms with Crippen LogP contribution in [0.25, 0.3) is 5.69 Å². The van der Waals surface area contributed by atoms with Gasteiger partial charge in [-0.25, -0.2) is 0 Å². The second kappa shape index (κ2) is 4.58. The molecular weight excluding hydrogens is 218 g/mol. The third kappa shape index (κ3) is 1.91. The average Bonchev–Trinajstić information content (AvgIpc) is 2.77. The molecule has 0 fully saturated rings. The molecule has 0 N–H and O–H groups in total. The van der Waals surface area contributed by atoms with E-state index >= 15 is 0 Å². The van der Waals surface area contributed by atoms with Gasteiger partial charge in [0, 0.05) is 17.4 Å². The van der Waals surface area contributed by atoms with Crippen LogP contribution >= 0.6 is 11.6 Å². The zero-order chi connectivity index (χ0) is 11.5. The maximum Gasteiger partial charge on any atom is 0.0528 e. The van der Waals surface area contributed by atoms with E-state index in [-0.39, 0.29) is 0 Å². The van der Waals surface area contributed by atoms with Crippen LogP contribution < -0.4 is 0 Å². The molecule has 2 heteroatoms. The summed E-state index contributed by atoms with van der Waals surface area (Å²) in [5, 5.41) is 0.802. The van der Waals surface area contributed by atoms with Gasteiger partial charge in [0.05, 0.1) is 5.69 Å². The van der Waals surface area contributed by atoms with Crippen LogP contribution in [0.5, 0.6) is 0 Å². The first kappa shape index (κ1) is 11.0. The Morgan fingerprint density at radius 2 is 2.00 bits per heavy atom. The molecule has 82 valence electrons. The van der Waals surface area contributed by atoms with Crippen molar-refractivity contribution >= 4 is 11.6 Å². The van der Waals surface area contributed by atoms with E-state index in [4.69, 9.17) is 11.6 Å². The Morgan fingerprint density at radius 1 is 1.31 bits per heavy atom. The Bertz CT molecular complexity index is 498. The fraction of sp³-hybridized carbons (Fsp3) is 0.143. The quantitative estimate of drug-likeness (QED) is 0.699. The number of rotatable bonds is 3. The number of allylic oxidation sites excluding steroid dienone is 1. The first-order valence-corrected chi connectivity index (χ1v) is 5.64. The average molecular weight is 232 g/mol. The molecule has 1 aromatic carbocycles. The minimum Gasteiger partial charge on any atom is -0.323 e. The molecule has 1 nitrogen and oxygen atoms in total. The molecule has 0 saturated carbocycles. The Hall–Kier alpha value is -1.47. The van der Waals surface area contributed by atoms with Crippen molar-refractivity contribution in [3.8, 4) is 5.69 Å². The van der Waals surface area contributed by atoms with Gasteiger partial charge in [-0.2, -0.15) is 0 Å². The zero-order valence-corrected chi connectivity index (χ0v) is 10.0. The Morgan fingerprint density at radius 3 is 2.62 bits per heavy atom. The third-order valence-corrected chi connectivity index (χ3v) is 3.08. The van der Waals surface area contributed by atoms with Crippen LogP contribution in [0.3, 0.4) is 0 Å². The standard InChI is InChI=1S/C14H14ClN/c1-3-6-12-7-8-13(15)11(2)14(12)16-9-4-5-10-16/h3-5,7-10H,1,6H2,2H3. The minimum absolute atomic E-state index is 0.802. The summed E-state index contributed by atoms with van der Waals surface area (Å²) in [6.07, 6.45) is 6.83. The smallest absolute Gasteiger partial charge is 0.0528 e. The molecule has 0 unspecified atom stereocenters. The minimum atomic E-state index is 0.802. The summed E-state index contributed by atoms with van der Waals surface area (Å²) in [5.74, 6) is 0. The van der Waals surface area contributed by atoms with Crippen molar-refractivity contribution in [1.82, 2.24) is 4.57 Å². The van der Waals surface area contributed by atoms with Gasteiger partial charge in [0.25, 0.3) is 0 Å². The van der Waals surface area contributed by atoms with Crippen LogP contribution in [0.4, 0.5) is 0 Å². The van der Waals surface area contributed by atoms with Crippen LogP contribution in [-0.2, 0) is 6.42 Å². The third-order valence-electron chi connectivity index (χ3n) is 2.68. The maximum atomic E-state index is 6.16. The van der Waals surface area contributed by atoms with Gasteiger partial charge in [0.1, 0.15) is 0 Å². The summed E-state index contributed by atoms with van der Waals surface area (Å²) in [6, 6.07) is 8.03. The molecule has 0 aliphatic carbocycles. The number of hydrogen-bond acceptors (Lipinski definition) is 0. The molecule has 0 atom stereocenters. The van der Waals surface area contributed by atoms with Crippen molar-refractivity contribution in [2.24, 2.45) is 0 Å². The van der Waals surface area contributed by atoms with E-state index in [2.05, 4.69) is 17.2 Å². The normalized spacial score (nSPS) is 10.4. The van der Waals surface area contributed by atoms with Crippen LogP contribution in [-0.4, -0.2) is 4.57 Å². The number of nitrogens with zero attached hydrogens (tertiary/aromatic N) is 1. The second-order valence-electron chi connectivity index (χ2n) is 3.76. The summed E-state index contributed by atoms with van der Waals surface area (Å²) < 4.78 is 2.10. The van der Waals surface area contributed by atoms with Gasteiger partial charge in [-0.05, 0) is 42.7 Å². The molecule has 1 aromatic heterocycles. The van der Waals surface area contributed by atoms with E-state index in [0.29, 0.717) is 0 Å². The van der Waals surface area contributed by atoms with Gasteiger partial charge < -0.3 is 4.57 Å². The predicted octanol–water partition coefficient (Wildman–Crippen LogP) is 4.17. The predicted molar refractivity (Wildman–Crippen MR) is 69.4 cm³/mol. The molecule has 0 aliphatic heterocycles. The molecular formula is C14H14ClN. The second-order valence-corrected chi connectivity index (χ2v) is 4.17. The fourth-order valence-electron chi connectivity index (χ4n) is 1.89. The fourth-order valence-corrected chi connectivity index (χ4v) is 2.05. The largest absolute Gasteiger partial charge is 0.323 e. The molecule has 0 amide bonds. The van der Waals surface area contributed by atoms with E-state index in [1.165, 1.54) is 5.56 Å². The lowest BCUT2D eigenvalue weighted by Gasteiger charge is -2.14. The highest BCUT2D eigenvalue weighted by atomic mass is 35.5. The van der Waals surface area contributed by atoms with Crippen LogP contribution in [0, 0.1) is 6.92 Å². The molecule has 0 bridgehead atoms. The first-order valence-electron chi connectivity index (χ1n) is 5.26. The first-order chi connectivity index (χ1) is 7.74. The summed E-state index contributed by atoms with van der Waals surface area (Å²) >= 11 is 6.16. The van der Waals surface area contributed by atoms with E-state index in [9.17, 15) is 0 Å². The molecule has 0 spiro atoms. The molecule has 2 rings (SSSR count). The van der Waals surface area contributed by atoms with E-state index in [1.54, 1.807) is 0 Å². The van der Waals surface area contributed by atoms with Gasteiger partial charge in [0.2, 0.25) is 0 Å². The van der Waals surface area contributed by atoms with Gasteiger partial charge in [-0.15, -0.1) is 6.58 Å². The summed E-state index contributed by atoms with van der Waals surface area (Å²) in [4.78, 5) is 0. The molecule has 0 aliphatic rings. The van der Waals surface area contributed by atoms with Crippen molar-refractivity contribution in [3.05, 3.63) is 65.5 Å². The molecule has 0 saturated heterocycles. The number of halogens is 1. The molecule has 1 heterocycles. The summed E-state index contributed by atoms with van der Waals surface area (Å²) in [5.41, 5.74) is 3.52. The highest BCUT2D eigenvalue weighted by Gasteiger charge is 2.09. The van der Waals surface area contributed by atoms with Gasteiger partial charge >= 0.3 is 0 Å². The summed E-state index contributed by atoms with van der Waals surface area (Å²) in [6.45, 7) is 5.83. The SMILES string of the molecule is C=CCc1ccc(Cl)c(C)c1-n1cccc1. The van der Waals surface area contributed by atoms with Crippen molar-refractivity contribution in [3.63, 3.8) is 0 Å². The lowest BCUT2D eigenvalue weighted by molar-refractivity contribution is 1.02. The number of aromatic nitrogens is 1. The highest BCUT2D eigenvalue weighted by molar-refractivity contribution is 6.31. The van der Waals surface area contributed by atoms with Crippen LogP contribution in [0.15, 0.2) is 49.3 Å². The van der Waals surface area contributed by atoms with E-state index < -0.39 is 0 Å². The molecule has 16 heavy (non-hydrogen) atoms. The number of hydrogen-bond donors (Lipinski definition) is 0. The van der Waals surface area contributed by atoms with Crippen molar-refractivity contribution in [2.45, 2.75) is 13.3 Å². The number of benzene rings is 1. The topological polar surface area (TPSA) is 4.93 Å². The lowest BCUT2D eigenvalue weighted by Crippen LogP contribution is -2.00. The Labute approximate surface area is 101 Å². The van der Waals surface area contributed by atoms with Crippen molar-refractivity contribution in [1.29, 1.82) is 0 Å². The lowest BCUT2D eigenvalue weighted by atomic mass is 10.0. The van der Waals surface area contributed by atoms with Gasteiger partial charge in [-0.3, -0.25) is 0 Å². The van der Waals surface area contributed by atoms with Gasteiger partial charge in [-0.1, -0.05) is 23.7 Å². The Balaban J connectivity index is 2.64. The van der Waals surface area contributed by atoms with E-state index in [0.717, 1.165) is 22.7 Å². The molecule has 2 aromatic rings. The van der Waals surface area contributed by atoms with Gasteiger partial charge in [0.15, 0.2) is 0 Å². The highest BCUT2D eigenvalue weighted by Crippen LogP contribution is 2.26. The summed E-state index contributed by atoms with van der Waals surface area (Å²) in [7, 11) is 0. The van der Waals surface area contributed by atoms with E-state index in [1.807, 2.05) is 43.6 Å². The van der Waals surface area contributed by atoms with Crippen LogP contribution in [0.1, 0.15) is 11.1 Å².